The second-order valence-corrected chi connectivity index (χ2v) is 34.3. The van der Waals surface area contributed by atoms with Crippen molar-refractivity contribution in [2.24, 2.45) is 0 Å². The SMILES string of the molecule is CC(=O)CN(CCOCCNC(=O)CN(CCOCCCC(=O)CN(CCOCCN(C)C)CCOCCN(C)C)CCOCCNC(=O)CN(CCOCCN(C)C)CCOCCN(C)C)CCOCCNC(=O)CN(CCOCCCC(=O)CN(CCOCCN(C)C)CCOCCN(C)C)CCOCCNC(=O)CN(CCOCCN(C)C)CCOCCN(C)C. The molecule has 0 bridgehead atoms. The molecular weight excluding hydrogens is 1670 g/mol. The molecule has 4 N–H and O–H groups in total. The van der Waals surface area contributed by atoms with Gasteiger partial charge in [-0.15, -0.1) is 0 Å². The Morgan fingerprint density at radius 2 is 0.318 bits per heavy atom. The highest BCUT2D eigenvalue weighted by atomic mass is 16.5. The first-order valence-corrected chi connectivity index (χ1v) is 46.9. The largest absolute Gasteiger partial charge is 0.380 e. The van der Waals surface area contributed by atoms with Gasteiger partial charge in [-0.05, 0) is 133 Å². The first-order chi connectivity index (χ1) is 62.0. The fourth-order valence-corrected chi connectivity index (χ4v) is 11.8. The summed E-state index contributed by atoms with van der Waals surface area (Å²) in [5, 5.41) is 11.9. The number of carbonyl (C=O) groups is 7. The van der Waals surface area contributed by atoms with Crippen LogP contribution in [0.3, 0.4) is 0 Å². The average molecular weight is 1860 g/mol. The van der Waals surface area contributed by atoms with Crippen molar-refractivity contribution in [1.82, 2.24) is 94.8 Å². The van der Waals surface area contributed by atoms with Gasteiger partial charge in [0.1, 0.15) is 17.3 Å². The molecule has 40 heteroatoms. The Bertz CT molecular complexity index is 2260. The van der Waals surface area contributed by atoms with Crippen molar-refractivity contribution in [2.75, 3.05) is 514 Å². The summed E-state index contributed by atoms with van der Waals surface area (Å²) >= 11 is 0. The number of ketones is 3. The highest BCUT2D eigenvalue weighted by Gasteiger charge is 2.20. The van der Waals surface area contributed by atoms with E-state index in [4.69, 9.17) is 66.3 Å². The topological polar surface area (TPSA) is 345 Å². The van der Waals surface area contributed by atoms with Crippen LogP contribution in [0.1, 0.15) is 32.6 Å². The van der Waals surface area contributed by atoms with Crippen LogP contribution in [0.5, 0.6) is 0 Å². The van der Waals surface area contributed by atoms with E-state index in [2.05, 4.69) is 70.3 Å². The molecule has 0 saturated heterocycles. The minimum atomic E-state index is -0.211. The van der Waals surface area contributed by atoms with Crippen LogP contribution in [-0.2, 0) is 99.9 Å². The second kappa shape index (κ2) is 89.0. The summed E-state index contributed by atoms with van der Waals surface area (Å²) in [7, 11) is 32.0. The zero-order valence-electron chi connectivity index (χ0n) is 83.7. The average Bonchev–Trinajstić information content (AvgIpc) is 0.958. The highest BCUT2D eigenvalue weighted by Crippen LogP contribution is 2.04. The molecule has 0 spiro atoms. The van der Waals surface area contributed by atoms with E-state index < -0.39 is 0 Å². The standard InChI is InChI=1S/C89H185N19O21/c1-83(109)76-102(34-64-118-50-22-90-86(112)79-105(40-62-116-48-18-20-84(110)77-103(36-68-122-54-26-94(2)3)37-69-123-55-27-95(4)5)42-66-120-52-24-92-88(114)81-107(44-72-126-58-30-98(10)11)45-73-127-59-31-99(12)13)35-65-119-51-23-91-87(113)80-106(41-63-117-49-19-21-85(111)78-104(38-70-124-56-28-96(6)7)39-71-125-57-29-97(8)9)43-67-121-53-25-93-89(115)82-108(46-74-128-60-32-100(14)15)47-75-129-61-33-101(16)17/h18-82H2,1-17H3,(H,90,112)(H,91,113)(H,92,114)(H,93,115). The van der Waals surface area contributed by atoms with E-state index in [-0.39, 0.29) is 113 Å². The number of nitrogens with zero attached hydrogens (tertiary/aromatic N) is 15. The Kier molecular flexibility index (Phi) is 86.0. The van der Waals surface area contributed by atoms with Crippen LogP contribution in [0.15, 0.2) is 0 Å². The van der Waals surface area contributed by atoms with Gasteiger partial charge in [-0.1, -0.05) is 0 Å². The molecule has 0 aromatic heterocycles. The van der Waals surface area contributed by atoms with Crippen molar-refractivity contribution in [1.29, 1.82) is 0 Å². The number of ether oxygens (including phenoxy) is 14. The van der Waals surface area contributed by atoms with Crippen molar-refractivity contribution in [3.63, 3.8) is 0 Å². The second-order valence-electron chi connectivity index (χ2n) is 34.3. The minimum absolute atomic E-state index is 0.0173. The smallest absolute Gasteiger partial charge is 0.234 e. The van der Waals surface area contributed by atoms with Crippen LogP contribution in [0.25, 0.3) is 0 Å². The van der Waals surface area contributed by atoms with E-state index in [9.17, 15) is 33.6 Å². The lowest BCUT2D eigenvalue weighted by Gasteiger charge is -2.23. The molecule has 0 heterocycles. The molecule has 0 aromatic carbocycles. The molecule has 0 fully saturated rings. The summed E-state index contributed by atoms with van der Waals surface area (Å²) in [6, 6.07) is 0. The molecule has 0 rings (SSSR count). The number of hydrogen-bond donors (Lipinski definition) is 4. The number of hydrogen-bond acceptors (Lipinski definition) is 36. The predicted octanol–water partition coefficient (Wildman–Crippen LogP) is -3.42. The van der Waals surface area contributed by atoms with Crippen LogP contribution in [-0.4, -0.2) is 628 Å². The van der Waals surface area contributed by atoms with Crippen molar-refractivity contribution in [3.8, 4) is 0 Å². The lowest BCUT2D eigenvalue weighted by molar-refractivity contribution is -0.124. The number of nitrogens with one attached hydrogen (secondary N) is 4. The van der Waals surface area contributed by atoms with Gasteiger partial charge in [-0.2, -0.15) is 0 Å². The first kappa shape index (κ1) is 125. The van der Waals surface area contributed by atoms with Gasteiger partial charge in [0.05, 0.1) is 218 Å². The molecule has 0 aromatic rings. The molecule has 0 aliphatic rings. The third-order valence-corrected chi connectivity index (χ3v) is 19.7. The van der Waals surface area contributed by atoms with Gasteiger partial charge in [0.15, 0.2) is 0 Å². The third-order valence-electron chi connectivity index (χ3n) is 19.7. The predicted molar refractivity (Wildman–Crippen MR) is 506 cm³/mol. The summed E-state index contributed by atoms with van der Waals surface area (Å²) in [5.41, 5.74) is 0. The molecular formula is C89H185N19O21. The molecule has 0 aliphatic heterocycles. The van der Waals surface area contributed by atoms with E-state index in [1.807, 2.05) is 137 Å². The monoisotopic (exact) mass is 1860 g/mol. The Balaban J connectivity index is 5.74. The van der Waals surface area contributed by atoms with Gasteiger partial charge < -0.3 is 127 Å². The maximum atomic E-state index is 13.5. The van der Waals surface area contributed by atoms with Crippen molar-refractivity contribution in [3.05, 3.63) is 0 Å². The van der Waals surface area contributed by atoms with Gasteiger partial charge in [-0.25, -0.2) is 0 Å². The molecule has 0 atom stereocenters. The Morgan fingerprint density at radius 1 is 0.178 bits per heavy atom. The van der Waals surface area contributed by atoms with Crippen molar-refractivity contribution >= 4 is 41.0 Å². The van der Waals surface area contributed by atoms with E-state index >= 15 is 0 Å². The minimum Gasteiger partial charge on any atom is -0.380 e. The van der Waals surface area contributed by atoms with Gasteiger partial charge in [-0.3, -0.25) is 67.9 Å². The third kappa shape index (κ3) is 91.3. The maximum Gasteiger partial charge on any atom is 0.234 e. The zero-order chi connectivity index (χ0) is 95.4. The summed E-state index contributed by atoms with van der Waals surface area (Å²) in [6.07, 6.45) is 1.82. The van der Waals surface area contributed by atoms with Gasteiger partial charge in [0.25, 0.3) is 0 Å². The van der Waals surface area contributed by atoms with E-state index in [1.165, 1.54) is 6.92 Å². The fraction of sp³-hybridized carbons (Fsp3) is 0.921. The number of carbonyl (C=O) groups excluding carboxylic acids is 7. The van der Waals surface area contributed by atoms with Crippen molar-refractivity contribution in [2.45, 2.75) is 32.6 Å². The number of amides is 4. The first-order valence-electron chi connectivity index (χ1n) is 46.9. The van der Waals surface area contributed by atoms with Crippen LogP contribution >= 0.6 is 0 Å². The lowest BCUT2D eigenvalue weighted by Crippen LogP contribution is -2.42. The number of rotatable bonds is 100. The summed E-state index contributed by atoms with van der Waals surface area (Å²) in [5.74, 6) is -0.468. The van der Waals surface area contributed by atoms with Gasteiger partial charge in [0.2, 0.25) is 23.6 Å². The Labute approximate surface area is 778 Å². The number of likely N-dealkylation sites (N-methyl/N-ethyl adjacent to an activating group) is 8. The van der Waals surface area contributed by atoms with Crippen LogP contribution < -0.4 is 21.3 Å². The molecule has 40 nitrogen and oxygen atoms in total. The quantitative estimate of drug-likeness (QED) is 0.0431. The summed E-state index contributed by atoms with van der Waals surface area (Å²) in [4.78, 5) is 123. The van der Waals surface area contributed by atoms with E-state index in [1.54, 1.807) is 0 Å². The Hall–Kier alpha value is -4.27. The van der Waals surface area contributed by atoms with Crippen molar-refractivity contribution < 1.29 is 99.9 Å². The highest BCUT2D eigenvalue weighted by molar-refractivity contribution is 5.81. The Morgan fingerprint density at radius 3 is 0.481 bits per heavy atom. The molecule has 4 amide bonds. The molecule has 0 radical (unpaired) electrons. The van der Waals surface area contributed by atoms with Crippen LogP contribution in [0.2, 0.25) is 0 Å². The number of Topliss-reactive ketones (excluding diaryl/α,β-unsaturated/α-hetero) is 3. The molecule has 0 saturated carbocycles. The fourth-order valence-electron chi connectivity index (χ4n) is 11.8. The molecule has 0 aliphatic carbocycles. The van der Waals surface area contributed by atoms with Gasteiger partial charge in [0, 0.05) is 196 Å². The zero-order valence-corrected chi connectivity index (χ0v) is 83.7. The molecule has 762 valence electrons. The molecule has 0 unspecified atom stereocenters. The molecule has 129 heavy (non-hydrogen) atoms. The summed E-state index contributed by atoms with van der Waals surface area (Å²) < 4.78 is 82.8. The summed E-state index contributed by atoms with van der Waals surface area (Å²) in [6.45, 7) is 30.3. The van der Waals surface area contributed by atoms with Crippen LogP contribution in [0.4, 0.5) is 0 Å². The van der Waals surface area contributed by atoms with Crippen LogP contribution in [0, 0.1) is 0 Å². The van der Waals surface area contributed by atoms with Gasteiger partial charge >= 0.3 is 0 Å². The lowest BCUT2D eigenvalue weighted by atomic mass is 10.2. The van der Waals surface area contributed by atoms with E-state index in [0.717, 1.165) is 52.4 Å². The normalized spacial score (nSPS) is 12.2. The maximum absolute atomic E-state index is 13.5. The van der Waals surface area contributed by atoms with E-state index in [0.29, 0.717) is 302 Å².